The zero-order chi connectivity index (χ0) is 25.5. The molecule has 0 saturated carbocycles. The Balaban J connectivity index is 1.64. The van der Waals surface area contributed by atoms with Gasteiger partial charge in [-0.3, -0.25) is 9.69 Å². The number of nitrogens with zero attached hydrogens (tertiary/aromatic N) is 1. The monoisotopic (exact) mass is 514 g/mol. The number of ether oxygens (including phenoxy) is 1. The summed E-state index contributed by atoms with van der Waals surface area (Å²) in [6.07, 6.45) is 5.38. The van der Waals surface area contributed by atoms with Gasteiger partial charge in [-0.05, 0) is 56.4 Å². The summed E-state index contributed by atoms with van der Waals surface area (Å²) in [5.41, 5.74) is 7.95. The fourth-order valence-corrected chi connectivity index (χ4v) is 4.92. The second-order valence-electron chi connectivity index (χ2n) is 9.84. The number of amides is 1. The molecular formula is C29H36Cl2N2O2. The maximum absolute atomic E-state index is 13.1. The van der Waals surface area contributed by atoms with E-state index in [4.69, 9.17) is 33.7 Å². The standard InChI is InChI=1S/C29H36Cl2N2O2/c1-22(19-30)26(31)15-10-18-35-25-20-33(21-25)28(2,3)16-17-29(27(32)34,23-11-6-4-7-12-23)24-13-8-5-9-14-24/h4-15,25H,16-21H2,1-3H3,(H2,32,34)/b15-10-,26-22-. The lowest BCUT2D eigenvalue weighted by Gasteiger charge is -2.50. The molecule has 0 radical (unpaired) electrons. The first-order chi connectivity index (χ1) is 16.7. The van der Waals surface area contributed by atoms with Gasteiger partial charge in [-0.1, -0.05) is 78.3 Å². The number of carbonyl (C=O) groups excluding carboxylic acids is 1. The molecular weight excluding hydrogens is 479 g/mol. The van der Waals surface area contributed by atoms with Gasteiger partial charge < -0.3 is 10.5 Å². The van der Waals surface area contributed by atoms with Crippen molar-refractivity contribution >= 4 is 29.1 Å². The number of allylic oxidation sites excluding steroid dienone is 3. The van der Waals surface area contributed by atoms with Crippen LogP contribution in [0.2, 0.25) is 0 Å². The molecule has 6 heteroatoms. The minimum absolute atomic E-state index is 0.108. The van der Waals surface area contributed by atoms with Crippen molar-refractivity contribution in [3.63, 3.8) is 0 Å². The molecule has 0 bridgehead atoms. The van der Waals surface area contributed by atoms with Crippen LogP contribution in [0.15, 0.2) is 83.4 Å². The SMILES string of the molecule is C/C(CCl)=C(Cl)\C=C/COC1CN(C(C)(C)CCC(C(N)=O)(c2ccccc2)c2ccccc2)C1. The molecule has 3 rings (SSSR count). The van der Waals surface area contributed by atoms with Crippen molar-refractivity contribution in [2.75, 3.05) is 25.6 Å². The number of halogens is 2. The second-order valence-corrected chi connectivity index (χ2v) is 10.5. The second kappa shape index (κ2) is 12.2. The number of benzene rings is 2. The Kier molecular flexibility index (Phi) is 9.60. The molecule has 2 N–H and O–H groups in total. The number of hydrogen-bond acceptors (Lipinski definition) is 3. The molecule has 0 aliphatic carbocycles. The summed E-state index contributed by atoms with van der Waals surface area (Å²) >= 11 is 12.0. The van der Waals surface area contributed by atoms with Gasteiger partial charge in [-0.25, -0.2) is 0 Å². The van der Waals surface area contributed by atoms with Crippen LogP contribution in [0.5, 0.6) is 0 Å². The van der Waals surface area contributed by atoms with E-state index in [1.165, 1.54) is 0 Å². The highest BCUT2D eigenvalue weighted by Gasteiger charge is 2.44. The number of carbonyl (C=O) groups is 1. The van der Waals surface area contributed by atoms with Gasteiger partial charge in [0.2, 0.25) is 5.91 Å². The molecule has 1 heterocycles. The Morgan fingerprint density at radius 1 is 1.06 bits per heavy atom. The molecule has 0 aromatic heterocycles. The first kappa shape index (κ1) is 27.5. The quantitative estimate of drug-likeness (QED) is 0.278. The summed E-state index contributed by atoms with van der Waals surface area (Å²) in [5, 5.41) is 0.662. The Hall–Kier alpha value is -2.11. The molecule has 35 heavy (non-hydrogen) atoms. The van der Waals surface area contributed by atoms with E-state index in [1.807, 2.05) is 79.7 Å². The van der Waals surface area contributed by atoms with E-state index in [0.717, 1.165) is 36.2 Å². The molecule has 1 aliphatic rings. The van der Waals surface area contributed by atoms with Crippen molar-refractivity contribution in [1.29, 1.82) is 0 Å². The largest absolute Gasteiger partial charge is 0.371 e. The Morgan fingerprint density at radius 2 is 1.60 bits per heavy atom. The van der Waals surface area contributed by atoms with E-state index >= 15 is 0 Å². The third kappa shape index (κ3) is 6.56. The predicted octanol–water partition coefficient (Wildman–Crippen LogP) is 6.03. The minimum atomic E-state index is -0.876. The van der Waals surface area contributed by atoms with Gasteiger partial charge in [0.1, 0.15) is 0 Å². The van der Waals surface area contributed by atoms with E-state index in [0.29, 0.717) is 23.9 Å². The van der Waals surface area contributed by atoms with Gasteiger partial charge in [0.05, 0.1) is 18.1 Å². The van der Waals surface area contributed by atoms with Crippen LogP contribution in [0.25, 0.3) is 0 Å². The smallest absolute Gasteiger partial charge is 0.232 e. The molecule has 1 amide bonds. The summed E-state index contributed by atoms with van der Waals surface area (Å²) in [6.45, 7) is 8.58. The third-order valence-electron chi connectivity index (χ3n) is 7.07. The Morgan fingerprint density at radius 3 is 2.09 bits per heavy atom. The van der Waals surface area contributed by atoms with E-state index in [2.05, 4.69) is 18.7 Å². The van der Waals surface area contributed by atoms with Crippen molar-refractivity contribution in [2.24, 2.45) is 5.73 Å². The van der Waals surface area contributed by atoms with Crippen LogP contribution in [0.3, 0.4) is 0 Å². The Labute approximate surface area is 219 Å². The van der Waals surface area contributed by atoms with Gasteiger partial charge >= 0.3 is 0 Å². The van der Waals surface area contributed by atoms with Gasteiger partial charge in [0.15, 0.2) is 0 Å². The molecule has 1 fully saturated rings. The molecule has 1 aliphatic heterocycles. The maximum atomic E-state index is 13.1. The summed E-state index contributed by atoms with van der Waals surface area (Å²) < 4.78 is 5.97. The van der Waals surface area contributed by atoms with Crippen LogP contribution >= 0.6 is 23.2 Å². The van der Waals surface area contributed by atoms with Crippen molar-refractivity contribution in [3.8, 4) is 0 Å². The molecule has 0 unspecified atom stereocenters. The van der Waals surface area contributed by atoms with Gasteiger partial charge in [0, 0.05) is 29.5 Å². The van der Waals surface area contributed by atoms with Crippen LogP contribution in [0, 0.1) is 0 Å². The van der Waals surface area contributed by atoms with Crippen molar-refractivity contribution in [2.45, 2.75) is 50.7 Å². The number of primary amides is 1. The van der Waals surface area contributed by atoms with Crippen LogP contribution in [0.1, 0.15) is 44.7 Å². The highest BCUT2D eigenvalue weighted by molar-refractivity contribution is 6.32. The van der Waals surface area contributed by atoms with Crippen molar-refractivity contribution in [1.82, 2.24) is 4.90 Å². The summed E-state index contributed by atoms with van der Waals surface area (Å²) in [5.74, 6) is 0.0989. The molecule has 188 valence electrons. The first-order valence-electron chi connectivity index (χ1n) is 12.1. The maximum Gasteiger partial charge on any atom is 0.232 e. The lowest BCUT2D eigenvalue weighted by atomic mass is 9.69. The number of hydrogen-bond donors (Lipinski definition) is 1. The lowest BCUT2D eigenvalue weighted by Crippen LogP contribution is -2.61. The predicted molar refractivity (Wildman–Crippen MR) is 146 cm³/mol. The fourth-order valence-electron chi connectivity index (χ4n) is 4.55. The van der Waals surface area contributed by atoms with Crippen LogP contribution < -0.4 is 5.73 Å². The van der Waals surface area contributed by atoms with Crippen LogP contribution in [-0.2, 0) is 14.9 Å². The highest BCUT2D eigenvalue weighted by atomic mass is 35.5. The first-order valence-corrected chi connectivity index (χ1v) is 13.0. The van der Waals surface area contributed by atoms with E-state index in [1.54, 1.807) is 0 Å². The van der Waals surface area contributed by atoms with Gasteiger partial charge in [-0.15, -0.1) is 11.6 Å². The topological polar surface area (TPSA) is 55.6 Å². The van der Waals surface area contributed by atoms with Crippen LogP contribution in [0.4, 0.5) is 0 Å². The average Bonchev–Trinajstić information content (AvgIpc) is 2.83. The fraction of sp³-hybridized carbons (Fsp3) is 0.414. The van der Waals surface area contributed by atoms with Crippen LogP contribution in [-0.4, -0.2) is 48.0 Å². The number of alkyl halides is 1. The minimum Gasteiger partial charge on any atom is -0.371 e. The normalized spacial score (nSPS) is 16.3. The highest BCUT2D eigenvalue weighted by Crippen LogP contribution is 2.40. The Bertz CT molecular complexity index is 990. The zero-order valence-corrected chi connectivity index (χ0v) is 22.4. The van der Waals surface area contributed by atoms with Crippen molar-refractivity contribution < 1.29 is 9.53 Å². The molecule has 0 atom stereocenters. The lowest BCUT2D eigenvalue weighted by molar-refractivity contribution is -0.123. The zero-order valence-electron chi connectivity index (χ0n) is 20.8. The molecule has 2 aromatic rings. The number of rotatable bonds is 12. The van der Waals surface area contributed by atoms with E-state index < -0.39 is 5.41 Å². The van der Waals surface area contributed by atoms with Gasteiger partial charge in [0.25, 0.3) is 0 Å². The summed E-state index contributed by atoms with van der Waals surface area (Å²) in [7, 11) is 0. The average molecular weight is 516 g/mol. The number of likely N-dealkylation sites (tertiary alicyclic amines) is 1. The third-order valence-corrected chi connectivity index (χ3v) is 7.92. The summed E-state index contributed by atoms with van der Waals surface area (Å²) in [6, 6.07) is 19.8. The molecule has 0 spiro atoms. The van der Waals surface area contributed by atoms with Crippen molar-refractivity contribution in [3.05, 3.63) is 94.5 Å². The van der Waals surface area contributed by atoms with Gasteiger partial charge in [-0.2, -0.15) is 0 Å². The van der Waals surface area contributed by atoms with E-state index in [9.17, 15) is 4.79 Å². The molecule has 2 aromatic carbocycles. The number of nitrogens with two attached hydrogens (primary N) is 1. The molecule has 1 saturated heterocycles. The van der Waals surface area contributed by atoms with E-state index in [-0.39, 0.29) is 17.6 Å². The summed E-state index contributed by atoms with van der Waals surface area (Å²) in [4.78, 5) is 15.5. The molecule has 4 nitrogen and oxygen atoms in total.